The van der Waals surface area contributed by atoms with Crippen molar-refractivity contribution in [2.24, 2.45) is 0 Å². The van der Waals surface area contributed by atoms with E-state index in [2.05, 4.69) is 10.4 Å². The van der Waals surface area contributed by atoms with Gasteiger partial charge in [-0.2, -0.15) is 5.10 Å². The summed E-state index contributed by atoms with van der Waals surface area (Å²) in [4.78, 5) is 23.7. The first-order valence-corrected chi connectivity index (χ1v) is 7.57. The quantitative estimate of drug-likeness (QED) is 0.849. The molecule has 128 valence electrons. The van der Waals surface area contributed by atoms with Gasteiger partial charge in [-0.3, -0.25) is 9.48 Å². The highest BCUT2D eigenvalue weighted by molar-refractivity contribution is 6.06. The summed E-state index contributed by atoms with van der Waals surface area (Å²) in [6, 6.07) is 6.94. The number of nitrogens with zero attached hydrogens (tertiary/aromatic N) is 2. The molecule has 0 unspecified atom stereocenters. The highest BCUT2D eigenvalue weighted by atomic mass is 16.5. The molecule has 1 amide bonds. The second-order valence-electron chi connectivity index (χ2n) is 6.15. The van der Waals surface area contributed by atoms with Crippen molar-refractivity contribution in [3.05, 3.63) is 42.2 Å². The summed E-state index contributed by atoms with van der Waals surface area (Å²) in [5.41, 5.74) is -0.396. The molecular formula is C17H21N3O4. The minimum absolute atomic E-state index is 0.0573. The van der Waals surface area contributed by atoms with Crippen molar-refractivity contribution >= 4 is 17.6 Å². The van der Waals surface area contributed by atoms with E-state index in [1.165, 1.54) is 30.9 Å². The largest absolute Gasteiger partial charge is 0.490 e. The van der Waals surface area contributed by atoms with Crippen molar-refractivity contribution in [1.82, 2.24) is 9.78 Å². The average Bonchev–Trinajstić information content (AvgIpc) is 2.96. The number of carboxylic acids is 1. The number of para-hydroxylation sites is 1. The van der Waals surface area contributed by atoms with Crippen LogP contribution in [0.15, 0.2) is 36.7 Å². The van der Waals surface area contributed by atoms with Gasteiger partial charge in [0.15, 0.2) is 5.54 Å². The van der Waals surface area contributed by atoms with E-state index in [0.717, 1.165) is 0 Å². The number of carbonyl (C=O) groups excluding carboxylic acids is 1. The molecule has 0 fully saturated rings. The summed E-state index contributed by atoms with van der Waals surface area (Å²) in [7, 11) is 0. The van der Waals surface area contributed by atoms with E-state index in [4.69, 9.17) is 4.74 Å². The monoisotopic (exact) mass is 331 g/mol. The lowest BCUT2D eigenvalue weighted by Crippen LogP contribution is -2.35. The molecule has 24 heavy (non-hydrogen) atoms. The Labute approximate surface area is 140 Å². The summed E-state index contributed by atoms with van der Waals surface area (Å²) in [6.07, 6.45) is 2.84. The molecule has 0 spiro atoms. The number of rotatable bonds is 6. The van der Waals surface area contributed by atoms with Gasteiger partial charge < -0.3 is 15.2 Å². The Morgan fingerprint density at radius 2 is 1.96 bits per heavy atom. The van der Waals surface area contributed by atoms with Gasteiger partial charge in [0.1, 0.15) is 5.75 Å². The molecule has 0 bridgehead atoms. The Balaban J connectivity index is 2.20. The van der Waals surface area contributed by atoms with Crippen LogP contribution in [0.4, 0.5) is 5.69 Å². The highest BCUT2D eigenvalue weighted by Gasteiger charge is 2.30. The van der Waals surface area contributed by atoms with Crippen molar-refractivity contribution < 1.29 is 19.4 Å². The maximum absolute atomic E-state index is 12.5. The molecule has 1 aromatic heterocycles. The summed E-state index contributed by atoms with van der Waals surface area (Å²) >= 11 is 0. The summed E-state index contributed by atoms with van der Waals surface area (Å²) in [5, 5.41) is 15.9. The molecule has 0 aliphatic heterocycles. The smallest absolute Gasteiger partial charge is 0.331 e. The number of nitrogens with one attached hydrogen (secondary N) is 1. The van der Waals surface area contributed by atoms with Crippen LogP contribution in [0.5, 0.6) is 5.75 Å². The van der Waals surface area contributed by atoms with Crippen LogP contribution in [0.3, 0.4) is 0 Å². The molecule has 7 heteroatoms. The van der Waals surface area contributed by atoms with Crippen molar-refractivity contribution in [2.45, 2.75) is 39.3 Å². The predicted molar refractivity (Wildman–Crippen MR) is 89.3 cm³/mol. The van der Waals surface area contributed by atoms with Crippen molar-refractivity contribution in [3.8, 4) is 5.75 Å². The lowest BCUT2D eigenvalue weighted by molar-refractivity contribution is -0.146. The zero-order valence-corrected chi connectivity index (χ0v) is 14.1. The van der Waals surface area contributed by atoms with Gasteiger partial charge in [0.25, 0.3) is 5.91 Å². The van der Waals surface area contributed by atoms with Gasteiger partial charge >= 0.3 is 5.97 Å². The number of carbonyl (C=O) groups is 2. The van der Waals surface area contributed by atoms with Gasteiger partial charge in [0.2, 0.25) is 0 Å². The van der Waals surface area contributed by atoms with Gasteiger partial charge in [-0.1, -0.05) is 12.1 Å². The first-order valence-electron chi connectivity index (χ1n) is 7.57. The Morgan fingerprint density at radius 1 is 1.29 bits per heavy atom. The fourth-order valence-corrected chi connectivity index (χ4v) is 2.00. The molecular weight excluding hydrogens is 310 g/mol. The van der Waals surface area contributed by atoms with Gasteiger partial charge in [-0.15, -0.1) is 0 Å². The maximum atomic E-state index is 12.5. The number of anilines is 1. The third-order valence-electron chi connectivity index (χ3n) is 3.43. The number of benzene rings is 1. The Kier molecular flexibility index (Phi) is 4.92. The molecule has 0 saturated carbocycles. The normalized spacial score (nSPS) is 11.4. The number of amides is 1. The third kappa shape index (κ3) is 3.73. The van der Waals surface area contributed by atoms with E-state index in [-0.39, 0.29) is 12.0 Å². The molecule has 1 heterocycles. The van der Waals surface area contributed by atoms with Crippen LogP contribution in [0.2, 0.25) is 0 Å². The maximum Gasteiger partial charge on any atom is 0.331 e. The Bertz CT molecular complexity index is 750. The average molecular weight is 331 g/mol. The van der Waals surface area contributed by atoms with E-state index in [1.807, 2.05) is 13.8 Å². The molecule has 0 radical (unpaired) electrons. The first-order chi connectivity index (χ1) is 11.2. The van der Waals surface area contributed by atoms with Crippen molar-refractivity contribution in [1.29, 1.82) is 0 Å². The molecule has 1 aromatic carbocycles. The minimum Gasteiger partial charge on any atom is -0.490 e. The molecule has 2 rings (SSSR count). The number of ether oxygens (including phenoxy) is 1. The lowest BCUT2D eigenvalue weighted by atomic mass is 10.1. The fourth-order valence-electron chi connectivity index (χ4n) is 2.00. The lowest BCUT2D eigenvalue weighted by Gasteiger charge is -2.19. The molecule has 0 aliphatic carbocycles. The zero-order valence-electron chi connectivity index (χ0n) is 14.1. The summed E-state index contributed by atoms with van der Waals surface area (Å²) < 4.78 is 6.93. The molecule has 0 saturated heterocycles. The van der Waals surface area contributed by atoms with Crippen LogP contribution in [-0.4, -0.2) is 32.9 Å². The van der Waals surface area contributed by atoms with Gasteiger partial charge in [0, 0.05) is 6.20 Å². The summed E-state index contributed by atoms with van der Waals surface area (Å²) in [6.45, 7) is 6.82. The van der Waals surface area contributed by atoms with Crippen LogP contribution in [-0.2, 0) is 10.3 Å². The van der Waals surface area contributed by atoms with Crippen LogP contribution in [0, 0.1) is 0 Å². The zero-order chi connectivity index (χ0) is 17.9. The SMILES string of the molecule is CC(C)Oc1ccccc1C(=O)Nc1cnn(C(C)(C)C(=O)O)c1. The van der Waals surface area contributed by atoms with Crippen LogP contribution >= 0.6 is 0 Å². The second kappa shape index (κ2) is 6.74. The first kappa shape index (κ1) is 17.5. The van der Waals surface area contributed by atoms with Gasteiger partial charge in [-0.05, 0) is 39.8 Å². The molecule has 2 N–H and O–H groups in total. The van der Waals surface area contributed by atoms with E-state index >= 15 is 0 Å². The van der Waals surface area contributed by atoms with Crippen molar-refractivity contribution in [3.63, 3.8) is 0 Å². The van der Waals surface area contributed by atoms with Crippen LogP contribution in [0.25, 0.3) is 0 Å². The topological polar surface area (TPSA) is 93.5 Å². The minimum atomic E-state index is -1.21. The number of hydrogen-bond acceptors (Lipinski definition) is 4. The second-order valence-corrected chi connectivity index (χ2v) is 6.15. The van der Waals surface area contributed by atoms with Gasteiger partial charge in [0.05, 0.1) is 23.6 Å². The highest BCUT2D eigenvalue weighted by Crippen LogP contribution is 2.22. The molecule has 2 aromatic rings. The molecule has 0 atom stereocenters. The van der Waals surface area contributed by atoms with E-state index in [1.54, 1.807) is 24.3 Å². The Morgan fingerprint density at radius 3 is 2.58 bits per heavy atom. The van der Waals surface area contributed by atoms with E-state index in [0.29, 0.717) is 17.0 Å². The van der Waals surface area contributed by atoms with Crippen LogP contribution < -0.4 is 10.1 Å². The van der Waals surface area contributed by atoms with Crippen molar-refractivity contribution in [2.75, 3.05) is 5.32 Å². The molecule has 7 nitrogen and oxygen atoms in total. The fraction of sp³-hybridized carbons (Fsp3) is 0.353. The Hall–Kier alpha value is -2.83. The standard InChI is InChI=1S/C17H21N3O4/c1-11(2)24-14-8-6-5-7-13(14)15(21)19-12-9-18-20(10-12)17(3,4)16(22)23/h5-11H,1-4H3,(H,19,21)(H,22,23). The molecule has 0 aliphatic rings. The number of hydrogen-bond donors (Lipinski definition) is 2. The van der Waals surface area contributed by atoms with E-state index < -0.39 is 11.5 Å². The van der Waals surface area contributed by atoms with E-state index in [9.17, 15) is 14.7 Å². The predicted octanol–water partition coefficient (Wildman–Crippen LogP) is 2.74. The number of aromatic nitrogens is 2. The van der Waals surface area contributed by atoms with Crippen LogP contribution in [0.1, 0.15) is 38.1 Å². The number of carboxylic acid groups (broad SMARTS) is 1. The third-order valence-corrected chi connectivity index (χ3v) is 3.43. The number of aliphatic carboxylic acids is 1. The van der Waals surface area contributed by atoms with Gasteiger partial charge in [-0.25, -0.2) is 4.79 Å². The summed E-state index contributed by atoms with van der Waals surface area (Å²) in [5.74, 6) is -0.874.